The molecule has 3 heterocycles. The first-order valence-corrected chi connectivity index (χ1v) is 6.90. The third-order valence-electron chi connectivity index (χ3n) is 2.60. The van der Waals surface area contributed by atoms with Crippen molar-refractivity contribution in [1.82, 2.24) is 9.97 Å². The van der Waals surface area contributed by atoms with Crippen molar-refractivity contribution in [2.45, 2.75) is 0 Å². The van der Waals surface area contributed by atoms with E-state index in [-0.39, 0.29) is 16.6 Å². The van der Waals surface area contributed by atoms with E-state index in [1.807, 2.05) is 0 Å². The fourth-order valence-corrected chi connectivity index (χ4v) is 3.68. The second-order valence-corrected chi connectivity index (χ2v) is 5.74. The second kappa shape index (κ2) is 4.45. The summed E-state index contributed by atoms with van der Waals surface area (Å²) in [5.74, 6) is -0.295. The maximum absolute atomic E-state index is 11.2. The molecule has 0 spiro atoms. The zero-order valence-electron chi connectivity index (χ0n) is 8.95. The number of carbonyl (C=O) groups excluding carboxylic acids is 1. The Morgan fingerprint density at radius 3 is 2.68 bits per heavy atom. The molecule has 0 aliphatic heterocycles. The summed E-state index contributed by atoms with van der Waals surface area (Å²) < 4.78 is 1.08. The van der Waals surface area contributed by atoms with Crippen molar-refractivity contribution in [1.29, 1.82) is 0 Å². The van der Waals surface area contributed by atoms with Gasteiger partial charge in [-0.15, -0.1) is 11.3 Å². The van der Waals surface area contributed by atoms with Gasteiger partial charge in [-0.3, -0.25) is 4.79 Å². The molecule has 1 N–H and O–H groups in total. The van der Waals surface area contributed by atoms with Crippen molar-refractivity contribution in [3.63, 3.8) is 0 Å². The van der Waals surface area contributed by atoms with Gasteiger partial charge in [-0.2, -0.15) is 0 Å². The number of halogens is 3. The number of hydrogen-bond donors (Lipinski definition) is 1. The minimum absolute atomic E-state index is 0.0883. The van der Waals surface area contributed by atoms with Crippen LogP contribution >= 0.6 is 46.1 Å². The maximum atomic E-state index is 11.2. The molecule has 0 saturated heterocycles. The largest absolute Gasteiger partial charge is 0.504 e. The number of thiophene rings is 1. The molecule has 0 aliphatic rings. The van der Waals surface area contributed by atoms with E-state index < -0.39 is 5.24 Å². The van der Waals surface area contributed by atoms with Crippen molar-refractivity contribution in [2.24, 2.45) is 0 Å². The van der Waals surface area contributed by atoms with E-state index in [1.165, 1.54) is 17.5 Å². The van der Waals surface area contributed by atoms with Crippen molar-refractivity contribution in [3.8, 4) is 5.75 Å². The monoisotopic (exact) mass is 332 g/mol. The Bertz CT molecular complexity index is 847. The number of hydrogen-bond acceptors (Lipinski definition) is 5. The fraction of sp³-hybridized carbons (Fsp3) is 0. The van der Waals surface area contributed by atoms with E-state index in [0.29, 0.717) is 19.9 Å². The number of aromatic hydroxyl groups is 1. The molecule has 3 aromatic rings. The van der Waals surface area contributed by atoms with E-state index in [9.17, 15) is 9.90 Å². The molecule has 4 nitrogen and oxygen atoms in total. The van der Waals surface area contributed by atoms with Crippen molar-refractivity contribution >= 4 is 71.6 Å². The lowest BCUT2D eigenvalue weighted by molar-refractivity contribution is 0.107. The molecule has 19 heavy (non-hydrogen) atoms. The van der Waals surface area contributed by atoms with Crippen molar-refractivity contribution in [2.75, 3.05) is 0 Å². The van der Waals surface area contributed by atoms with Crippen LogP contribution in [0.4, 0.5) is 0 Å². The highest BCUT2D eigenvalue weighted by Gasteiger charge is 2.21. The average molecular weight is 334 g/mol. The van der Waals surface area contributed by atoms with Gasteiger partial charge in [0.25, 0.3) is 5.24 Å². The Balaban J connectivity index is 2.57. The number of rotatable bonds is 1. The smallest absolute Gasteiger partial charge is 0.274 e. The Morgan fingerprint density at radius 1 is 1.26 bits per heavy atom. The molecule has 0 atom stereocenters. The molecule has 0 bridgehead atoms. The van der Waals surface area contributed by atoms with Gasteiger partial charge in [0.2, 0.25) is 0 Å². The van der Waals surface area contributed by atoms with Crippen molar-refractivity contribution < 1.29 is 9.90 Å². The van der Waals surface area contributed by atoms with Gasteiger partial charge in [0.1, 0.15) is 10.3 Å². The Morgan fingerprint density at radius 2 is 2.00 bits per heavy atom. The van der Waals surface area contributed by atoms with Crippen LogP contribution in [0.3, 0.4) is 0 Å². The normalized spacial score (nSPS) is 11.3. The van der Waals surface area contributed by atoms with Gasteiger partial charge >= 0.3 is 0 Å². The molecule has 0 radical (unpaired) electrons. The van der Waals surface area contributed by atoms with Crippen LogP contribution in [0.5, 0.6) is 5.75 Å². The first-order valence-electron chi connectivity index (χ1n) is 4.95. The highest BCUT2D eigenvalue weighted by molar-refractivity contribution is 7.26. The molecule has 0 aromatic carbocycles. The SMILES string of the molecule is O=C(Cl)c1nc(Cl)c2c(sc3c(Cl)nccc32)c1O. The van der Waals surface area contributed by atoms with Gasteiger partial charge in [0, 0.05) is 17.0 Å². The quantitative estimate of drug-likeness (QED) is 0.534. The summed E-state index contributed by atoms with van der Waals surface area (Å²) in [5.41, 5.74) is -0.269. The van der Waals surface area contributed by atoms with Crippen LogP contribution < -0.4 is 0 Å². The highest BCUT2D eigenvalue weighted by Crippen LogP contribution is 2.44. The third kappa shape index (κ3) is 1.85. The standard InChI is InChI=1S/C11H3Cl3N2O2S/c12-9-4-3-1-2-15-10(13)7(3)19-8(4)6(17)5(16-9)11(14)18/h1-2,17H. The molecule has 3 aromatic heterocycles. The molecule has 0 saturated carbocycles. The lowest BCUT2D eigenvalue weighted by Crippen LogP contribution is -1.95. The number of carbonyl (C=O) groups is 1. The number of pyridine rings is 2. The van der Waals surface area contributed by atoms with Crippen LogP contribution in [0.25, 0.3) is 20.2 Å². The van der Waals surface area contributed by atoms with Crippen LogP contribution in [0.15, 0.2) is 12.3 Å². The molecule has 3 rings (SSSR count). The lowest BCUT2D eigenvalue weighted by atomic mass is 10.2. The summed E-state index contributed by atoms with van der Waals surface area (Å²) in [6.45, 7) is 0. The maximum Gasteiger partial charge on any atom is 0.274 e. The summed E-state index contributed by atoms with van der Waals surface area (Å²) in [4.78, 5) is 19.0. The van der Waals surface area contributed by atoms with Crippen molar-refractivity contribution in [3.05, 3.63) is 28.3 Å². The van der Waals surface area contributed by atoms with Crippen LogP contribution in [0.1, 0.15) is 10.5 Å². The molecule has 8 heteroatoms. The molecule has 96 valence electrons. The first kappa shape index (κ1) is 12.9. The summed E-state index contributed by atoms with van der Waals surface area (Å²) in [7, 11) is 0. The summed E-state index contributed by atoms with van der Waals surface area (Å²) >= 11 is 18.6. The van der Waals surface area contributed by atoms with E-state index in [2.05, 4.69) is 9.97 Å². The van der Waals surface area contributed by atoms with Crippen LogP contribution in [-0.4, -0.2) is 20.3 Å². The average Bonchev–Trinajstić information content (AvgIpc) is 2.75. The third-order valence-corrected chi connectivity index (χ3v) is 4.67. The van der Waals surface area contributed by atoms with Crippen LogP contribution in [0.2, 0.25) is 10.3 Å². The van der Waals surface area contributed by atoms with E-state index in [4.69, 9.17) is 34.8 Å². The highest BCUT2D eigenvalue weighted by atomic mass is 35.5. The Hall–Kier alpha value is -1.14. The fourth-order valence-electron chi connectivity index (χ4n) is 1.82. The van der Waals surface area contributed by atoms with Gasteiger partial charge in [-0.05, 0) is 17.7 Å². The number of fused-ring (bicyclic) bond motifs is 3. The minimum Gasteiger partial charge on any atom is -0.504 e. The van der Waals surface area contributed by atoms with Crippen LogP contribution in [0, 0.1) is 0 Å². The van der Waals surface area contributed by atoms with Gasteiger partial charge in [-0.25, -0.2) is 9.97 Å². The molecule has 0 unspecified atom stereocenters. The zero-order chi connectivity index (χ0) is 13.7. The van der Waals surface area contributed by atoms with E-state index in [0.717, 1.165) is 5.39 Å². The minimum atomic E-state index is -0.872. The zero-order valence-corrected chi connectivity index (χ0v) is 12.0. The van der Waals surface area contributed by atoms with Crippen LogP contribution in [-0.2, 0) is 0 Å². The van der Waals surface area contributed by atoms with E-state index >= 15 is 0 Å². The summed E-state index contributed by atoms with van der Waals surface area (Å²) in [6, 6.07) is 1.72. The molecule has 0 fully saturated rings. The summed E-state index contributed by atoms with van der Waals surface area (Å²) in [5, 5.41) is 10.8. The first-order chi connectivity index (χ1) is 9.00. The van der Waals surface area contributed by atoms with Gasteiger partial charge in [-0.1, -0.05) is 23.2 Å². The molecule has 0 aliphatic carbocycles. The van der Waals surface area contributed by atoms with E-state index in [1.54, 1.807) is 6.07 Å². The van der Waals surface area contributed by atoms with Gasteiger partial charge < -0.3 is 5.11 Å². The number of nitrogens with zero attached hydrogens (tertiary/aromatic N) is 2. The Labute approximate surface area is 125 Å². The van der Waals surface area contributed by atoms with Gasteiger partial charge in [0.15, 0.2) is 11.4 Å². The van der Waals surface area contributed by atoms with Gasteiger partial charge in [0.05, 0.1) is 9.40 Å². The molecular formula is C11H3Cl3N2O2S. The number of aromatic nitrogens is 2. The predicted octanol–water partition coefficient (Wildman–Crippen LogP) is 4.24. The molecular weight excluding hydrogens is 331 g/mol. The molecule has 0 amide bonds. The lowest BCUT2D eigenvalue weighted by Gasteiger charge is -2.01. The summed E-state index contributed by atoms with van der Waals surface area (Å²) in [6.07, 6.45) is 1.53. The topological polar surface area (TPSA) is 63.1 Å². The predicted molar refractivity (Wildman–Crippen MR) is 76.8 cm³/mol. The Kier molecular flexibility index (Phi) is 3.02. The second-order valence-electron chi connectivity index (χ2n) is 3.66.